The third kappa shape index (κ3) is 1.35. The summed E-state index contributed by atoms with van der Waals surface area (Å²) in [6.07, 6.45) is 0. The molecule has 0 saturated heterocycles. The molecule has 0 saturated carbocycles. The zero-order chi connectivity index (χ0) is 7.72. The van der Waals surface area contributed by atoms with Crippen LogP contribution in [0.4, 0.5) is 4.39 Å². The van der Waals surface area contributed by atoms with Crippen molar-refractivity contribution in [1.82, 2.24) is 0 Å². The average Bonchev–Trinajstić information content (AvgIpc) is 1.93. The van der Waals surface area contributed by atoms with Gasteiger partial charge in [0, 0.05) is 4.90 Å². The van der Waals surface area contributed by atoms with Gasteiger partial charge in [-0.3, -0.25) is 0 Å². The molecule has 0 aliphatic carbocycles. The molecule has 0 spiro atoms. The third-order valence-electron chi connectivity index (χ3n) is 1.31. The lowest BCUT2D eigenvalue weighted by Crippen LogP contribution is -1.84. The summed E-state index contributed by atoms with van der Waals surface area (Å²) >= 11 is 7.13. The highest BCUT2D eigenvalue weighted by molar-refractivity contribution is 9.10. The van der Waals surface area contributed by atoms with Gasteiger partial charge >= 0.3 is 0 Å². The van der Waals surface area contributed by atoms with Crippen LogP contribution >= 0.6 is 28.6 Å². The first-order valence-electron chi connectivity index (χ1n) is 2.76. The van der Waals surface area contributed by atoms with E-state index in [-0.39, 0.29) is 5.82 Å². The van der Waals surface area contributed by atoms with Crippen molar-refractivity contribution in [1.29, 1.82) is 0 Å². The Kier molecular flexibility index (Phi) is 2.36. The Bertz CT molecular complexity index is 233. The molecule has 54 valence electrons. The van der Waals surface area contributed by atoms with Gasteiger partial charge in [-0.1, -0.05) is 0 Å². The zero-order valence-corrected chi connectivity index (χ0v) is 7.84. The molecule has 1 aromatic rings. The zero-order valence-electron chi connectivity index (χ0n) is 5.36. The third-order valence-corrected chi connectivity index (χ3v) is 2.41. The molecule has 0 aromatic heterocycles. The van der Waals surface area contributed by atoms with E-state index < -0.39 is 0 Å². The molecule has 0 atom stereocenters. The summed E-state index contributed by atoms with van der Waals surface area (Å²) in [5, 5.41) is 0. The predicted octanol–water partition coefficient (Wildman–Crippen LogP) is 3.19. The highest BCUT2D eigenvalue weighted by Gasteiger charge is 2.03. The summed E-state index contributed by atoms with van der Waals surface area (Å²) < 4.78 is 13.4. The van der Waals surface area contributed by atoms with Crippen molar-refractivity contribution in [2.24, 2.45) is 0 Å². The quantitative estimate of drug-likeness (QED) is 0.639. The summed E-state index contributed by atoms with van der Waals surface area (Å²) in [5.41, 5.74) is 0.581. The maximum absolute atomic E-state index is 12.9. The minimum absolute atomic E-state index is 0.229. The van der Waals surface area contributed by atoms with Gasteiger partial charge in [0.05, 0.1) is 4.47 Å². The van der Waals surface area contributed by atoms with Crippen molar-refractivity contribution in [3.8, 4) is 0 Å². The lowest BCUT2D eigenvalue weighted by Gasteiger charge is -2.00. The van der Waals surface area contributed by atoms with Crippen LogP contribution in [0.1, 0.15) is 5.56 Å². The van der Waals surface area contributed by atoms with Crippen molar-refractivity contribution in [2.45, 2.75) is 11.8 Å². The van der Waals surface area contributed by atoms with Crippen LogP contribution in [-0.4, -0.2) is 0 Å². The van der Waals surface area contributed by atoms with Crippen molar-refractivity contribution >= 4 is 28.6 Å². The van der Waals surface area contributed by atoms with Gasteiger partial charge in [0.1, 0.15) is 5.82 Å². The molecule has 0 amide bonds. The number of halogens is 2. The fourth-order valence-electron chi connectivity index (χ4n) is 0.642. The molecular weight excluding hydrogens is 215 g/mol. The average molecular weight is 221 g/mol. The molecular formula is C7H6BrFS. The second kappa shape index (κ2) is 2.93. The summed E-state index contributed by atoms with van der Waals surface area (Å²) in [6.45, 7) is 1.70. The summed E-state index contributed by atoms with van der Waals surface area (Å²) in [5.74, 6) is -0.229. The minimum Gasteiger partial charge on any atom is -0.205 e. The Morgan fingerprint density at radius 1 is 1.50 bits per heavy atom. The second-order valence-corrected chi connectivity index (χ2v) is 3.34. The Labute approximate surface area is 73.0 Å². The van der Waals surface area contributed by atoms with Crippen LogP contribution in [0, 0.1) is 12.7 Å². The SMILES string of the molecule is Cc1c(S)ccc(Br)c1F. The molecule has 10 heavy (non-hydrogen) atoms. The Morgan fingerprint density at radius 3 is 2.60 bits per heavy atom. The van der Waals surface area contributed by atoms with E-state index in [0.717, 1.165) is 0 Å². The van der Waals surface area contributed by atoms with Crippen molar-refractivity contribution in [3.05, 3.63) is 28.0 Å². The largest absolute Gasteiger partial charge is 0.205 e. The van der Waals surface area contributed by atoms with E-state index in [1.54, 1.807) is 19.1 Å². The first kappa shape index (κ1) is 8.08. The number of hydrogen-bond acceptors (Lipinski definition) is 1. The molecule has 0 radical (unpaired) electrons. The van der Waals surface area contributed by atoms with Crippen LogP contribution in [0.5, 0.6) is 0 Å². The van der Waals surface area contributed by atoms with Gasteiger partial charge in [-0.2, -0.15) is 0 Å². The van der Waals surface area contributed by atoms with E-state index >= 15 is 0 Å². The van der Waals surface area contributed by atoms with Gasteiger partial charge < -0.3 is 0 Å². The molecule has 0 nitrogen and oxygen atoms in total. The Hall–Kier alpha value is -0.0200. The molecule has 0 aliphatic rings. The van der Waals surface area contributed by atoms with Gasteiger partial charge in [-0.15, -0.1) is 12.6 Å². The molecule has 3 heteroatoms. The van der Waals surface area contributed by atoms with E-state index in [9.17, 15) is 4.39 Å². The lowest BCUT2D eigenvalue weighted by atomic mass is 10.2. The van der Waals surface area contributed by atoms with E-state index in [2.05, 4.69) is 28.6 Å². The molecule has 0 heterocycles. The molecule has 0 aliphatic heterocycles. The van der Waals surface area contributed by atoms with Gasteiger partial charge in [0.15, 0.2) is 0 Å². The maximum Gasteiger partial charge on any atom is 0.141 e. The minimum atomic E-state index is -0.229. The smallest absolute Gasteiger partial charge is 0.141 e. The fraction of sp³-hybridized carbons (Fsp3) is 0.143. The van der Waals surface area contributed by atoms with Gasteiger partial charge in [-0.05, 0) is 40.5 Å². The second-order valence-electron chi connectivity index (χ2n) is 2.01. The molecule has 0 fully saturated rings. The van der Waals surface area contributed by atoms with E-state index in [1.807, 2.05) is 0 Å². The number of benzene rings is 1. The van der Waals surface area contributed by atoms with Crippen LogP contribution in [0.3, 0.4) is 0 Å². The summed E-state index contributed by atoms with van der Waals surface area (Å²) in [7, 11) is 0. The Balaban J connectivity index is 3.34. The van der Waals surface area contributed by atoms with Gasteiger partial charge in [0.25, 0.3) is 0 Å². The van der Waals surface area contributed by atoms with Crippen LogP contribution in [0.25, 0.3) is 0 Å². The van der Waals surface area contributed by atoms with E-state index in [0.29, 0.717) is 14.9 Å². The molecule has 1 aromatic carbocycles. The molecule has 0 N–H and O–H groups in total. The predicted molar refractivity (Wildman–Crippen MR) is 46.1 cm³/mol. The monoisotopic (exact) mass is 220 g/mol. The lowest BCUT2D eigenvalue weighted by molar-refractivity contribution is 0.607. The van der Waals surface area contributed by atoms with Crippen LogP contribution in [0.15, 0.2) is 21.5 Å². The van der Waals surface area contributed by atoms with Crippen LogP contribution < -0.4 is 0 Å². The number of hydrogen-bond donors (Lipinski definition) is 1. The van der Waals surface area contributed by atoms with E-state index in [1.165, 1.54) is 0 Å². The molecule has 0 unspecified atom stereocenters. The van der Waals surface area contributed by atoms with Crippen LogP contribution in [-0.2, 0) is 0 Å². The highest BCUT2D eigenvalue weighted by Crippen LogP contribution is 2.23. The van der Waals surface area contributed by atoms with Crippen molar-refractivity contribution in [2.75, 3.05) is 0 Å². The summed E-state index contributed by atoms with van der Waals surface area (Å²) in [6, 6.07) is 3.40. The van der Waals surface area contributed by atoms with Gasteiger partial charge in [-0.25, -0.2) is 4.39 Å². The first-order valence-corrected chi connectivity index (χ1v) is 4.00. The Morgan fingerprint density at radius 2 is 2.10 bits per heavy atom. The topological polar surface area (TPSA) is 0 Å². The summed E-state index contributed by atoms with van der Waals surface area (Å²) in [4.78, 5) is 0.681. The molecule has 1 rings (SSSR count). The van der Waals surface area contributed by atoms with Crippen LogP contribution in [0.2, 0.25) is 0 Å². The number of rotatable bonds is 0. The maximum atomic E-state index is 12.9. The first-order chi connectivity index (χ1) is 4.63. The van der Waals surface area contributed by atoms with Crippen molar-refractivity contribution < 1.29 is 4.39 Å². The highest BCUT2D eigenvalue weighted by atomic mass is 79.9. The van der Waals surface area contributed by atoms with Gasteiger partial charge in [0.2, 0.25) is 0 Å². The fourth-order valence-corrected chi connectivity index (χ4v) is 1.24. The standard InChI is InChI=1S/C7H6BrFS/c1-4-6(10)3-2-5(8)7(4)9/h2-3,10H,1H3. The molecule has 0 bridgehead atoms. The van der Waals surface area contributed by atoms with E-state index in [4.69, 9.17) is 0 Å². The van der Waals surface area contributed by atoms with Crippen molar-refractivity contribution in [3.63, 3.8) is 0 Å². The normalized spacial score (nSPS) is 10.0. The number of thiol groups is 1.